The molecule has 0 rings (SSSR count). The monoisotopic (exact) mass is 167 g/mol. The van der Waals surface area contributed by atoms with Crippen molar-refractivity contribution in [3.63, 3.8) is 0 Å². The van der Waals surface area contributed by atoms with Crippen molar-refractivity contribution in [3.8, 4) is 0 Å². The van der Waals surface area contributed by atoms with E-state index in [-0.39, 0.29) is 0 Å². The fourth-order valence-electron chi connectivity index (χ4n) is 0.0931. The summed E-state index contributed by atoms with van der Waals surface area (Å²) in [6.07, 6.45) is 0.801. The summed E-state index contributed by atoms with van der Waals surface area (Å²) in [5, 5.41) is 0.877. The average molecular weight is 168 g/mol. The van der Waals surface area contributed by atoms with Gasteiger partial charge in [-0.1, -0.05) is 28.1 Å². The molecule has 0 aromatic rings. The Morgan fingerprint density at radius 2 is 2.33 bits per heavy atom. The fourth-order valence-corrected chi connectivity index (χ4v) is 0.885. The second-order valence-electron chi connectivity index (χ2n) is 0.905. The first-order valence-corrected chi connectivity index (χ1v) is 3.14. The fraction of sp³-hybridized carbons (Fsp3) is 0.667. The molecule has 0 saturated heterocycles. The van der Waals surface area contributed by atoms with Gasteiger partial charge in [-0.05, 0) is 0 Å². The zero-order valence-corrected chi connectivity index (χ0v) is 5.68. The van der Waals surface area contributed by atoms with Gasteiger partial charge in [-0.3, -0.25) is 0 Å². The lowest BCUT2D eigenvalue weighted by atomic mass is 10.5. The number of rotatable bonds is 2. The molecular weight excluding hydrogens is 162 g/mol. The van der Waals surface area contributed by atoms with E-state index < -0.39 is 0 Å². The summed E-state index contributed by atoms with van der Waals surface area (Å²) in [6.45, 7) is 0. The summed E-state index contributed by atoms with van der Waals surface area (Å²) in [5.41, 5.74) is 5.10. The Morgan fingerprint density at radius 1 is 1.83 bits per heavy atom. The largest absolute Gasteiger partial charge is 0.393 e. The van der Waals surface area contributed by atoms with Crippen LogP contribution < -0.4 is 5.73 Å². The van der Waals surface area contributed by atoms with Crippen molar-refractivity contribution in [1.82, 2.24) is 0 Å². The van der Waals surface area contributed by atoms with E-state index in [0.29, 0.717) is 4.99 Å². The van der Waals surface area contributed by atoms with E-state index in [1.807, 2.05) is 0 Å². The van der Waals surface area contributed by atoms with Gasteiger partial charge in [-0.25, -0.2) is 0 Å². The third-order valence-corrected chi connectivity index (χ3v) is 0.942. The van der Waals surface area contributed by atoms with Gasteiger partial charge in [-0.2, -0.15) is 0 Å². The van der Waals surface area contributed by atoms with Crippen LogP contribution in [0.5, 0.6) is 0 Å². The van der Waals surface area contributed by atoms with E-state index in [4.69, 9.17) is 5.73 Å². The molecule has 0 aliphatic rings. The van der Waals surface area contributed by atoms with Crippen LogP contribution >= 0.6 is 28.1 Å². The maximum atomic E-state index is 5.10. The minimum Gasteiger partial charge on any atom is -0.393 e. The number of hydrogen-bond acceptors (Lipinski definition) is 1. The van der Waals surface area contributed by atoms with Crippen LogP contribution in [0.1, 0.15) is 6.42 Å². The lowest BCUT2D eigenvalue weighted by Gasteiger charge is -1.84. The summed E-state index contributed by atoms with van der Waals surface area (Å²) < 4.78 is 0. The minimum absolute atomic E-state index is 0.576. The van der Waals surface area contributed by atoms with Crippen LogP contribution in [0.15, 0.2) is 0 Å². The molecule has 6 heavy (non-hydrogen) atoms. The highest BCUT2D eigenvalue weighted by Gasteiger charge is 1.80. The lowest BCUT2D eigenvalue weighted by Crippen LogP contribution is -2.06. The van der Waals surface area contributed by atoms with Gasteiger partial charge in [0.2, 0.25) is 0 Å². The van der Waals surface area contributed by atoms with Crippen molar-refractivity contribution in [2.75, 3.05) is 5.33 Å². The molecule has 0 aliphatic heterocycles. The quantitative estimate of drug-likeness (QED) is 0.492. The third kappa shape index (κ3) is 4.37. The highest BCUT2D eigenvalue weighted by atomic mass is 79.9. The SMILES string of the molecule is NC(=S)CCBr. The van der Waals surface area contributed by atoms with E-state index >= 15 is 0 Å². The minimum atomic E-state index is 0.576. The number of alkyl halides is 1. The lowest BCUT2D eigenvalue weighted by molar-refractivity contribution is 1.33. The summed E-state index contributed by atoms with van der Waals surface area (Å²) >= 11 is 7.72. The van der Waals surface area contributed by atoms with Crippen LogP contribution in [0.4, 0.5) is 0 Å². The molecule has 0 bridgehead atoms. The number of hydrogen-bond donors (Lipinski definition) is 1. The molecule has 0 aromatic heterocycles. The Bertz CT molecular complexity index is 54.8. The van der Waals surface area contributed by atoms with Crippen LogP contribution in [0.3, 0.4) is 0 Å². The van der Waals surface area contributed by atoms with E-state index in [2.05, 4.69) is 28.1 Å². The zero-order valence-electron chi connectivity index (χ0n) is 3.28. The third-order valence-electron chi connectivity index (χ3n) is 0.341. The Balaban J connectivity index is 2.83. The van der Waals surface area contributed by atoms with Gasteiger partial charge in [0.15, 0.2) is 0 Å². The molecule has 0 spiro atoms. The van der Waals surface area contributed by atoms with Crippen molar-refractivity contribution >= 4 is 33.1 Å². The molecule has 0 radical (unpaired) electrons. The molecule has 0 heterocycles. The molecule has 0 unspecified atom stereocenters. The normalized spacial score (nSPS) is 8.17. The second-order valence-corrected chi connectivity index (χ2v) is 2.22. The first-order valence-electron chi connectivity index (χ1n) is 1.61. The molecule has 3 heteroatoms. The molecule has 1 nitrogen and oxygen atoms in total. The first kappa shape index (κ1) is 6.37. The van der Waals surface area contributed by atoms with Gasteiger partial charge in [0.1, 0.15) is 0 Å². The smallest absolute Gasteiger partial charge is 0.0735 e. The maximum absolute atomic E-state index is 5.10. The summed E-state index contributed by atoms with van der Waals surface area (Å²) in [6, 6.07) is 0. The van der Waals surface area contributed by atoms with Crippen LogP contribution in [0, 0.1) is 0 Å². The summed E-state index contributed by atoms with van der Waals surface area (Å²) in [4.78, 5) is 0.576. The molecule has 0 saturated carbocycles. The maximum Gasteiger partial charge on any atom is 0.0735 e. The second kappa shape index (κ2) is 3.56. The number of thiocarbonyl (C=S) groups is 1. The standard InChI is InChI=1S/C3H6BrNS/c4-2-1-3(5)6/h1-2H2,(H2,5,6). The molecule has 0 amide bonds. The molecule has 0 aliphatic carbocycles. The van der Waals surface area contributed by atoms with Crippen LogP contribution in [0.25, 0.3) is 0 Å². The molecule has 0 atom stereocenters. The van der Waals surface area contributed by atoms with Gasteiger partial charge in [0.05, 0.1) is 4.99 Å². The Hall–Kier alpha value is 0.370. The van der Waals surface area contributed by atoms with Gasteiger partial charge in [-0.15, -0.1) is 0 Å². The van der Waals surface area contributed by atoms with Crippen molar-refractivity contribution in [3.05, 3.63) is 0 Å². The highest BCUT2D eigenvalue weighted by Crippen LogP contribution is 1.84. The average Bonchev–Trinajstić information content (AvgIpc) is 1.35. The first-order chi connectivity index (χ1) is 2.77. The summed E-state index contributed by atoms with van der Waals surface area (Å²) in [7, 11) is 0. The van der Waals surface area contributed by atoms with Crippen LogP contribution in [0.2, 0.25) is 0 Å². The van der Waals surface area contributed by atoms with E-state index in [1.54, 1.807) is 0 Å². The van der Waals surface area contributed by atoms with Crippen molar-refractivity contribution in [2.24, 2.45) is 5.73 Å². The van der Waals surface area contributed by atoms with Gasteiger partial charge in [0, 0.05) is 11.8 Å². The van der Waals surface area contributed by atoms with Gasteiger partial charge < -0.3 is 5.73 Å². The Labute approximate surface area is 51.0 Å². The van der Waals surface area contributed by atoms with Crippen molar-refractivity contribution in [2.45, 2.75) is 6.42 Å². The Morgan fingerprint density at radius 3 is 2.33 bits per heavy atom. The van der Waals surface area contributed by atoms with Gasteiger partial charge in [0.25, 0.3) is 0 Å². The zero-order chi connectivity index (χ0) is 4.99. The molecular formula is C3H6BrNS. The van der Waals surface area contributed by atoms with E-state index in [0.717, 1.165) is 11.8 Å². The van der Waals surface area contributed by atoms with Crippen LogP contribution in [-0.4, -0.2) is 10.3 Å². The van der Waals surface area contributed by atoms with E-state index in [9.17, 15) is 0 Å². The molecule has 36 valence electrons. The van der Waals surface area contributed by atoms with Crippen molar-refractivity contribution in [1.29, 1.82) is 0 Å². The predicted octanol–water partition coefficient (Wildman–Crippen LogP) is 1.06. The molecule has 0 fully saturated rings. The van der Waals surface area contributed by atoms with Crippen molar-refractivity contribution < 1.29 is 0 Å². The summed E-state index contributed by atoms with van der Waals surface area (Å²) in [5.74, 6) is 0. The predicted molar refractivity (Wildman–Crippen MR) is 35.2 cm³/mol. The Kier molecular flexibility index (Phi) is 3.78. The number of halogens is 1. The van der Waals surface area contributed by atoms with Crippen LogP contribution in [-0.2, 0) is 0 Å². The molecule has 2 N–H and O–H groups in total. The molecule has 0 aromatic carbocycles. The number of nitrogens with two attached hydrogens (primary N) is 1. The topological polar surface area (TPSA) is 26.0 Å². The van der Waals surface area contributed by atoms with E-state index in [1.165, 1.54) is 0 Å². The highest BCUT2D eigenvalue weighted by molar-refractivity contribution is 9.09. The van der Waals surface area contributed by atoms with Gasteiger partial charge >= 0.3 is 0 Å².